The van der Waals surface area contributed by atoms with Crippen molar-refractivity contribution in [3.05, 3.63) is 53.1 Å². The fourth-order valence-electron chi connectivity index (χ4n) is 2.28. The fourth-order valence-corrected chi connectivity index (χ4v) is 2.28. The van der Waals surface area contributed by atoms with Gasteiger partial charge < -0.3 is 19.7 Å². The summed E-state index contributed by atoms with van der Waals surface area (Å²) in [5.74, 6) is 0.672. The molecule has 0 unspecified atom stereocenters. The smallest absolute Gasteiger partial charge is 0.196 e. The summed E-state index contributed by atoms with van der Waals surface area (Å²) < 4.78 is 10.7. The minimum absolute atomic E-state index is 0.0480. The summed E-state index contributed by atoms with van der Waals surface area (Å²) in [4.78, 5) is 12.5. The number of hydrogen-bond donors (Lipinski definition) is 2. The van der Waals surface area contributed by atoms with E-state index in [0.717, 1.165) is 5.56 Å². The maximum atomic E-state index is 12.5. The van der Waals surface area contributed by atoms with Crippen LogP contribution in [0.25, 0.3) is 6.08 Å². The van der Waals surface area contributed by atoms with Gasteiger partial charge in [0.15, 0.2) is 5.78 Å². The van der Waals surface area contributed by atoms with Crippen LogP contribution in [0.2, 0.25) is 0 Å². The first-order chi connectivity index (χ1) is 10.6. The second kappa shape index (κ2) is 5.44. The average molecular weight is 298 g/mol. The summed E-state index contributed by atoms with van der Waals surface area (Å²) in [6, 6.07) is 9.16. The van der Waals surface area contributed by atoms with Crippen molar-refractivity contribution < 1.29 is 24.5 Å². The minimum Gasteiger partial charge on any atom is -0.508 e. The van der Waals surface area contributed by atoms with Gasteiger partial charge in [0.05, 0.1) is 12.7 Å². The van der Waals surface area contributed by atoms with E-state index in [2.05, 4.69) is 0 Å². The van der Waals surface area contributed by atoms with Crippen LogP contribution in [0.15, 0.2) is 42.0 Å². The van der Waals surface area contributed by atoms with Crippen molar-refractivity contribution in [2.24, 2.45) is 0 Å². The Kier molecular flexibility index (Phi) is 3.47. The van der Waals surface area contributed by atoms with E-state index in [9.17, 15) is 15.0 Å². The largest absolute Gasteiger partial charge is 0.508 e. The second-order valence-corrected chi connectivity index (χ2v) is 4.89. The Labute approximate surface area is 127 Å². The number of phenolic OH excluding ortho intramolecular Hbond substituents is 2. The fraction of sp³-hybridized carbons (Fsp3) is 0.118. The van der Waals surface area contributed by atoms with Crippen molar-refractivity contribution in [3.8, 4) is 23.0 Å². The van der Waals surface area contributed by atoms with Crippen LogP contribution in [-0.2, 0) is 0 Å². The van der Waals surface area contributed by atoms with Crippen molar-refractivity contribution in [3.63, 3.8) is 0 Å². The Morgan fingerprint density at radius 3 is 2.77 bits per heavy atom. The molecule has 0 radical (unpaired) electrons. The van der Waals surface area contributed by atoms with Crippen LogP contribution in [0.4, 0.5) is 0 Å². The molecule has 0 saturated heterocycles. The zero-order valence-electron chi connectivity index (χ0n) is 11.9. The second-order valence-electron chi connectivity index (χ2n) is 4.89. The lowest BCUT2D eigenvalue weighted by Gasteiger charge is -2.18. The highest BCUT2D eigenvalue weighted by molar-refractivity contribution is 6.13. The average Bonchev–Trinajstić information content (AvgIpc) is 2.55. The van der Waals surface area contributed by atoms with Crippen molar-refractivity contribution in [2.45, 2.75) is 0 Å². The molecular weight excluding hydrogens is 284 g/mol. The molecule has 2 N–H and O–H groups in total. The highest BCUT2D eigenvalue weighted by Crippen LogP contribution is 2.32. The normalized spacial score (nSPS) is 12.9. The summed E-state index contributed by atoms with van der Waals surface area (Å²) in [6.07, 6.45) is 1.71. The van der Waals surface area contributed by atoms with E-state index in [1.807, 2.05) is 0 Å². The van der Waals surface area contributed by atoms with Crippen LogP contribution < -0.4 is 9.47 Å². The number of benzene rings is 2. The molecule has 1 aliphatic heterocycles. The SMILES string of the molecule is COc1ccc2c(c1)OCC(C(=O)c1cc(O)ccc1O)=C2. The minimum atomic E-state index is -0.380. The van der Waals surface area contributed by atoms with Gasteiger partial charge in [-0.05, 0) is 36.4 Å². The number of aromatic hydroxyl groups is 2. The number of methoxy groups -OCH3 is 1. The van der Waals surface area contributed by atoms with Gasteiger partial charge in [-0.15, -0.1) is 0 Å². The van der Waals surface area contributed by atoms with Crippen LogP contribution in [0.3, 0.4) is 0 Å². The van der Waals surface area contributed by atoms with Gasteiger partial charge in [-0.3, -0.25) is 4.79 Å². The highest BCUT2D eigenvalue weighted by atomic mass is 16.5. The molecule has 3 rings (SSSR count). The predicted molar refractivity (Wildman–Crippen MR) is 80.6 cm³/mol. The van der Waals surface area contributed by atoms with Gasteiger partial charge >= 0.3 is 0 Å². The molecule has 22 heavy (non-hydrogen) atoms. The molecular formula is C17H14O5. The molecule has 0 spiro atoms. The Balaban J connectivity index is 1.97. The summed E-state index contributed by atoms with van der Waals surface area (Å²) in [5.41, 5.74) is 1.21. The van der Waals surface area contributed by atoms with E-state index in [-0.39, 0.29) is 29.5 Å². The van der Waals surface area contributed by atoms with E-state index in [4.69, 9.17) is 9.47 Å². The number of ketones is 1. The Bertz CT molecular complexity index is 777. The molecule has 0 aliphatic carbocycles. The maximum Gasteiger partial charge on any atom is 0.196 e. The molecule has 0 amide bonds. The quantitative estimate of drug-likeness (QED) is 0.673. The molecule has 2 aromatic carbocycles. The first-order valence-corrected chi connectivity index (χ1v) is 6.66. The van der Waals surface area contributed by atoms with E-state index in [1.54, 1.807) is 31.4 Å². The molecule has 0 atom stereocenters. The lowest BCUT2D eigenvalue weighted by atomic mass is 9.98. The third kappa shape index (κ3) is 2.48. The molecule has 0 bridgehead atoms. The molecule has 0 aromatic heterocycles. The van der Waals surface area contributed by atoms with Crippen molar-refractivity contribution >= 4 is 11.9 Å². The van der Waals surface area contributed by atoms with Gasteiger partial charge in [-0.2, -0.15) is 0 Å². The summed E-state index contributed by atoms with van der Waals surface area (Å²) in [6.45, 7) is 0.0914. The van der Waals surface area contributed by atoms with Crippen molar-refractivity contribution in [1.29, 1.82) is 0 Å². The lowest BCUT2D eigenvalue weighted by molar-refractivity contribution is 0.102. The molecule has 0 fully saturated rings. The number of carbonyl (C=O) groups excluding carboxylic acids is 1. The van der Waals surface area contributed by atoms with Crippen LogP contribution >= 0.6 is 0 Å². The number of carbonyl (C=O) groups is 1. The lowest BCUT2D eigenvalue weighted by Crippen LogP contribution is -2.15. The first-order valence-electron chi connectivity index (χ1n) is 6.66. The molecule has 1 aliphatic rings. The van der Waals surface area contributed by atoms with Crippen molar-refractivity contribution in [2.75, 3.05) is 13.7 Å². The monoisotopic (exact) mass is 298 g/mol. The number of hydrogen-bond acceptors (Lipinski definition) is 5. The van der Waals surface area contributed by atoms with Gasteiger partial charge in [-0.1, -0.05) is 0 Å². The number of Topliss-reactive ketones (excluding diaryl/α,β-unsaturated/α-hetero) is 1. The van der Waals surface area contributed by atoms with Crippen LogP contribution in [0, 0.1) is 0 Å². The number of rotatable bonds is 3. The summed E-state index contributed by atoms with van der Waals surface area (Å²) >= 11 is 0. The summed E-state index contributed by atoms with van der Waals surface area (Å²) in [7, 11) is 1.57. The van der Waals surface area contributed by atoms with Crippen LogP contribution in [0.1, 0.15) is 15.9 Å². The molecule has 112 valence electrons. The van der Waals surface area contributed by atoms with E-state index in [1.165, 1.54) is 18.2 Å². The number of phenols is 2. The van der Waals surface area contributed by atoms with Crippen LogP contribution in [-0.4, -0.2) is 29.7 Å². The molecule has 5 nitrogen and oxygen atoms in total. The van der Waals surface area contributed by atoms with E-state index in [0.29, 0.717) is 17.1 Å². The van der Waals surface area contributed by atoms with E-state index >= 15 is 0 Å². The summed E-state index contributed by atoms with van der Waals surface area (Å²) in [5, 5.41) is 19.3. The third-order valence-corrected chi connectivity index (χ3v) is 3.45. The van der Waals surface area contributed by atoms with Gasteiger partial charge in [0.1, 0.15) is 29.6 Å². The topological polar surface area (TPSA) is 76.0 Å². The van der Waals surface area contributed by atoms with Gasteiger partial charge in [-0.25, -0.2) is 0 Å². The highest BCUT2D eigenvalue weighted by Gasteiger charge is 2.21. The van der Waals surface area contributed by atoms with Gasteiger partial charge in [0, 0.05) is 17.2 Å². The molecule has 5 heteroatoms. The maximum absolute atomic E-state index is 12.5. The zero-order valence-corrected chi connectivity index (χ0v) is 11.9. The Hall–Kier alpha value is -2.95. The zero-order chi connectivity index (χ0) is 15.7. The van der Waals surface area contributed by atoms with Crippen LogP contribution in [0.5, 0.6) is 23.0 Å². The number of ether oxygens (including phenoxy) is 2. The standard InChI is InChI=1S/C17H14O5/c1-21-13-4-2-10-6-11(9-22-16(10)8-13)17(20)14-7-12(18)3-5-15(14)19/h2-8,18-19H,9H2,1H3. The Morgan fingerprint density at radius 2 is 2.00 bits per heavy atom. The predicted octanol–water partition coefficient (Wildman–Crippen LogP) is 2.77. The number of fused-ring (bicyclic) bond motifs is 1. The van der Waals surface area contributed by atoms with Gasteiger partial charge in [0.25, 0.3) is 0 Å². The van der Waals surface area contributed by atoms with Gasteiger partial charge in [0.2, 0.25) is 0 Å². The third-order valence-electron chi connectivity index (χ3n) is 3.45. The van der Waals surface area contributed by atoms with E-state index < -0.39 is 0 Å². The first kappa shape index (κ1) is 14.0. The molecule has 0 saturated carbocycles. The van der Waals surface area contributed by atoms with Crippen molar-refractivity contribution in [1.82, 2.24) is 0 Å². The Morgan fingerprint density at radius 1 is 1.18 bits per heavy atom. The molecule has 2 aromatic rings. The molecule has 1 heterocycles.